The molecule has 0 heteroatoms. The molecule has 3 aromatic rings. The van der Waals surface area contributed by atoms with Crippen molar-refractivity contribution in [3.8, 4) is 23.0 Å². The molecule has 3 aromatic carbocycles. The van der Waals surface area contributed by atoms with E-state index in [-0.39, 0.29) is 0 Å². The fourth-order valence-corrected chi connectivity index (χ4v) is 5.00. The van der Waals surface area contributed by atoms with Crippen molar-refractivity contribution < 1.29 is 0 Å². The molecule has 0 N–H and O–H groups in total. The first-order valence-corrected chi connectivity index (χ1v) is 13.7. The summed E-state index contributed by atoms with van der Waals surface area (Å²) >= 11 is 0. The second kappa shape index (κ2) is 13.2. The van der Waals surface area contributed by atoms with E-state index in [4.69, 9.17) is 0 Å². The minimum atomic E-state index is 0.563. The highest BCUT2D eigenvalue weighted by atomic mass is 14.2. The molecule has 0 radical (unpaired) electrons. The maximum Gasteiger partial charge on any atom is 0.0249 e. The Balaban J connectivity index is 1.33. The molecular weight excluding hydrogens is 420 g/mol. The Kier molecular flexibility index (Phi) is 9.42. The Morgan fingerprint density at radius 3 is 1.80 bits per heavy atom. The van der Waals surface area contributed by atoms with Gasteiger partial charge in [-0.2, -0.15) is 0 Å². The van der Waals surface area contributed by atoms with Crippen LogP contribution in [0.15, 0.2) is 84.9 Å². The van der Waals surface area contributed by atoms with Gasteiger partial charge in [0.25, 0.3) is 0 Å². The van der Waals surface area contributed by atoms with Gasteiger partial charge in [0.05, 0.1) is 0 Å². The molecule has 0 saturated heterocycles. The number of hydrogen-bond donors (Lipinski definition) is 0. The molecule has 0 bridgehead atoms. The number of unbranched alkanes of at least 4 members (excludes halogenated alkanes) is 3. The van der Waals surface area contributed by atoms with Gasteiger partial charge in [-0.3, -0.25) is 0 Å². The number of allylic oxidation sites excluding steroid dienone is 2. The highest BCUT2D eigenvalue weighted by molar-refractivity contribution is 5.64. The molecule has 0 saturated carbocycles. The minimum absolute atomic E-state index is 0.563. The second-order valence-corrected chi connectivity index (χ2v) is 10.1. The summed E-state index contributed by atoms with van der Waals surface area (Å²) in [7, 11) is 0. The molecule has 0 fully saturated rings. The maximum absolute atomic E-state index is 3.35. The van der Waals surface area contributed by atoms with E-state index >= 15 is 0 Å². The van der Waals surface area contributed by atoms with E-state index in [1.165, 1.54) is 80.0 Å². The van der Waals surface area contributed by atoms with Crippen LogP contribution in [0.2, 0.25) is 0 Å². The van der Waals surface area contributed by atoms with E-state index in [0.29, 0.717) is 5.92 Å². The Morgan fingerprint density at radius 2 is 1.23 bits per heavy atom. The third kappa shape index (κ3) is 7.47. The van der Waals surface area contributed by atoms with E-state index in [2.05, 4.69) is 111 Å². The molecule has 0 aliphatic heterocycles. The number of benzene rings is 3. The van der Waals surface area contributed by atoms with Gasteiger partial charge in [0.2, 0.25) is 0 Å². The zero-order chi connectivity index (χ0) is 24.3. The second-order valence-electron chi connectivity index (χ2n) is 10.1. The van der Waals surface area contributed by atoms with Crippen LogP contribution < -0.4 is 0 Å². The summed E-state index contributed by atoms with van der Waals surface area (Å²) < 4.78 is 0. The lowest BCUT2D eigenvalue weighted by Crippen LogP contribution is -2.07. The highest BCUT2D eigenvalue weighted by Gasteiger charge is 2.16. The smallest absolute Gasteiger partial charge is 0.0249 e. The first kappa shape index (κ1) is 25.1. The predicted molar refractivity (Wildman–Crippen MR) is 152 cm³/mol. The fraction of sp³-hybridized carbons (Fsp3) is 0.371. The lowest BCUT2D eigenvalue weighted by atomic mass is 9.82. The normalized spacial score (nSPS) is 17.1. The van der Waals surface area contributed by atoms with E-state index in [9.17, 15) is 0 Å². The Morgan fingerprint density at radius 1 is 0.629 bits per heavy atom. The number of aryl methyl sites for hydroxylation is 1. The lowest BCUT2D eigenvalue weighted by Gasteiger charge is -2.23. The molecular formula is C35H40. The molecule has 4 rings (SSSR count). The van der Waals surface area contributed by atoms with Gasteiger partial charge in [-0.25, -0.2) is 0 Å². The summed E-state index contributed by atoms with van der Waals surface area (Å²) in [5.74, 6) is 8.04. The zero-order valence-corrected chi connectivity index (χ0v) is 21.6. The fourth-order valence-electron chi connectivity index (χ4n) is 5.00. The van der Waals surface area contributed by atoms with E-state index in [1.807, 2.05) is 0 Å². The van der Waals surface area contributed by atoms with E-state index in [0.717, 1.165) is 17.0 Å². The lowest BCUT2D eigenvalue weighted by molar-refractivity contribution is 0.460. The van der Waals surface area contributed by atoms with Crippen LogP contribution in [0.1, 0.15) is 93.4 Å². The monoisotopic (exact) mass is 460 g/mol. The van der Waals surface area contributed by atoms with Crippen molar-refractivity contribution in [3.63, 3.8) is 0 Å². The average Bonchev–Trinajstić information content (AvgIpc) is 2.92. The summed E-state index contributed by atoms with van der Waals surface area (Å²) in [5, 5.41) is 0. The Labute approximate surface area is 213 Å². The van der Waals surface area contributed by atoms with Gasteiger partial charge in [-0.1, -0.05) is 112 Å². The predicted octanol–water partition coefficient (Wildman–Crippen LogP) is 9.73. The molecule has 1 aliphatic carbocycles. The average molecular weight is 461 g/mol. The Hall–Kier alpha value is -3.04. The van der Waals surface area contributed by atoms with E-state index in [1.54, 1.807) is 0 Å². The first-order chi connectivity index (χ1) is 17.2. The van der Waals surface area contributed by atoms with Gasteiger partial charge in [0, 0.05) is 17.0 Å². The molecule has 35 heavy (non-hydrogen) atoms. The zero-order valence-electron chi connectivity index (χ0n) is 21.6. The van der Waals surface area contributed by atoms with Crippen LogP contribution in [0.5, 0.6) is 0 Å². The van der Waals surface area contributed by atoms with Crippen LogP contribution in [-0.4, -0.2) is 0 Å². The largest absolute Gasteiger partial charge is 0.0848 e. The van der Waals surface area contributed by atoms with Crippen molar-refractivity contribution in [2.24, 2.45) is 5.92 Å². The number of hydrogen-bond acceptors (Lipinski definition) is 0. The van der Waals surface area contributed by atoms with Crippen LogP contribution in [-0.2, 0) is 6.42 Å². The van der Waals surface area contributed by atoms with Gasteiger partial charge in [-0.05, 0) is 84.5 Å². The SMILES string of the molecule is CCCCCC1C=CC(c2ccc(C#Cc3ccc(-c4ccc(CCCC)cc4)cc3)cc2)CC1. The third-order valence-corrected chi connectivity index (χ3v) is 7.32. The van der Waals surface area contributed by atoms with Crippen molar-refractivity contribution >= 4 is 0 Å². The van der Waals surface area contributed by atoms with Crippen molar-refractivity contribution in [2.45, 2.75) is 77.6 Å². The van der Waals surface area contributed by atoms with Crippen LogP contribution in [0.3, 0.4) is 0 Å². The molecule has 0 spiro atoms. The first-order valence-electron chi connectivity index (χ1n) is 13.7. The van der Waals surface area contributed by atoms with Crippen LogP contribution in [0.4, 0.5) is 0 Å². The van der Waals surface area contributed by atoms with Crippen molar-refractivity contribution in [1.29, 1.82) is 0 Å². The summed E-state index contributed by atoms with van der Waals surface area (Å²) in [6.07, 6.45) is 16.6. The van der Waals surface area contributed by atoms with Gasteiger partial charge < -0.3 is 0 Å². The summed E-state index contributed by atoms with van der Waals surface area (Å²) in [5.41, 5.74) is 7.50. The number of rotatable bonds is 9. The standard InChI is InChI=1S/C35H40/c1-3-5-7-9-29-14-22-33(23-15-29)35-26-18-31(19-27-35)11-10-30-16-24-34(25-17-30)32-20-12-28(13-21-32)8-6-4-2/h12-14,16-22,24-27,29,33H,3-9,15,23H2,1-2H3. The maximum atomic E-state index is 3.35. The molecule has 2 atom stereocenters. The van der Waals surface area contributed by atoms with Gasteiger partial charge in [0.15, 0.2) is 0 Å². The molecule has 0 nitrogen and oxygen atoms in total. The molecule has 180 valence electrons. The van der Waals surface area contributed by atoms with Crippen LogP contribution >= 0.6 is 0 Å². The molecule has 2 unspecified atom stereocenters. The third-order valence-electron chi connectivity index (χ3n) is 7.32. The van der Waals surface area contributed by atoms with Crippen molar-refractivity contribution in [3.05, 3.63) is 107 Å². The van der Waals surface area contributed by atoms with Crippen LogP contribution in [0, 0.1) is 17.8 Å². The van der Waals surface area contributed by atoms with Gasteiger partial charge in [0.1, 0.15) is 0 Å². The van der Waals surface area contributed by atoms with E-state index < -0.39 is 0 Å². The summed E-state index contributed by atoms with van der Waals surface area (Å²) in [4.78, 5) is 0. The molecule has 0 heterocycles. The highest BCUT2D eigenvalue weighted by Crippen LogP contribution is 2.32. The summed E-state index contributed by atoms with van der Waals surface area (Å²) in [6.45, 7) is 4.53. The van der Waals surface area contributed by atoms with Crippen LogP contribution in [0.25, 0.3) is 11.1 Å². The Bertz CT molecular complexity index is 1120. The molecule has 1 aliphatic rings. The summed E-state index contributed by atoms with van der Waals surface area (Å²) in [6, 6.07) is 26.5. The molecule has 0 aromatic heterocycles. The minimum Gasteiger partial charge on any atom is -0.0848 e. The molecule has 0 amide bonds. The van der Waals surface area contributed by atoms with Crippen molar-refractivity contribution in [1.82, 2.24) is 0 Å². The van der Waals surface area contributed by atoms with Gasteiger partial charge in [-0.15, -0.1) is 0 Å². The topological polar surface area (TPSA) is 0 Å². The quantitative estimate of drug-likeness (QED) is 0.169. The van der Waals surface area contributed by atoms with Crippen molar-refractivity contribution in [2.75, 3.05) is 0 Å². The van der Waals surface area contributed by atoms with Gasteiger partial charge >= 0.3 is 0 Å².